The number of amides is 1. The van der Waals surface area contributed by atoms with Crippen molar-refractivity contribution in [3.63, 3.8) is 0 Å². The van der Waals surface area contributed by atoms with E-state index in [9.17, 15) is 4.79 Å². The van der Waals surface area contributed by atoms with Crippen molar-refractivity contribution in [2.45, 2.75) is 25.3 Å². The highest BCUT2D eigenvalue weighted by atomic mass is 16.2. The normalized spacial score (nSPS) is 25.8. The molecule has 0 spiro atoms. The van der Waals surface area contributed by atoms with Crippen LogP contribution in [0.15, 0.2) is 0 Å². The largest absolute Gasteiger partial charge is 0.348 e. The minimum Gasteiger partial charge on any atom is -0.348 e. The Kier molecular flexibility index (Phi) is 3.90. The molecule has 1 amide bonds. The third-order valence-corrected chi connectivity index (χ3v) is 2.70. The topological polar surface area (TPSA) is 56.1 Å². The first-order chi connectivity index (χ1) is 6.65. The molecule has 2 unspecified atom stereocenters. The molecule has 0 heterocycles. The quantitative estimate of drug-likeness (QED) is 0.707. The molecule has 1 aliphatic rings. The van der Waals surface area contributed by atoms with Gasteiger partial charge in [-0.2, -0.15) is 5.26 Å². The third-order valence-electron chi connectivity index (χ3n) is 2.70. The van der Waals surface area contributed by atoms with Gasteiger partial charge in [-0.15, -0.1) is 0 Å². The van der Waals surface area contributed by atoms with Gasteiger partial charge in [0.15, 0.2) is 0 Å². The van der Waals surface area contributed by atoms with Crippen molar-refractivity contribution in [1.29, 1.82) is 5.26 Å². The van der Waals surface area contributed by atoms with Crippen LogP contribution in [0, 0.1) is 17.2 Å². The Morgan fingerprint density at radius 3 is 2.86 bits per heavy atom. The van der Waals surface area contributed by atoms with Crippen LogP contribution in [0.1, 0.15) is 19.3 Å². The number of hydrogen-bond acceptors (Lipinski definition) is 3. The van der Waals surface area contributed by atoms with Crippen LogP contribution >= 0.6 is 0 Å². The molecule has 14 heavy (non-hydrogen) atoms. The second-order valence-electron chi connectivity index (χ2n) is 3.94. The molecule has 0 saturated heterocycles. The van der Waals surface area contributed by atoms with Gasteiger partial charge >= 0.3 is 0 Å². The smallest absolute Gasteiger partial charge is 0.236 e. The molecule has 2 atom stereocenters. The number of likely N-dealkylation sites (N-methyl/N-ethyl adjacent to an activating group) is 1. The van der Waals surface area contributed by atoms with Crippen LogP contribution in [-0.2, 0) is 4.79 Å². The number of carbonyl (C=O) groups is 1. The Balaban J connectivity index is 2.31. The average molecular weight is 195 g/mol. The first-order valence-electron chi connectivity index (χ1n) is 4.98. The van der Waals surface area contributed by atoms with Gasteiger partial charge in [-0.1, -0.05) is 6.42 Å². The van der Waals surface area contributed by atoms with Crippen LogP contribution in [0.25, 0.3) is 0 Å². The predicted octanol–water partition coefficient (Wildman–Crippen LogP) is 0.356. The standard InChI is InChI=1S/C10H17N3O/c1-13(2)10(14)7-12-9-5-3-4-8(9)6-11/h8-9,12H,3-5,7H2,1-2H3. The fraction of sp³-hybridized carbons (Fsp3) is 0.800. The van der Waals surface area contributed by atoms with E-state index in [-0.39, 0.29) is 17.9 Å². The van der Waals surface area contributed by atoms with Crippen molar-refractivity contribution in [3.05, 3.63) is 0 Å². The number of nitrogens with one attached hydrogen (secondary N) is 1. The van der Waals surface area contributed by atoms with Gasteiger partial charge in [0.2, 0.25) is 5.91 Å². The molecule has 0 radical (unpaired) electrons. The van der Waals surface area contributed by atoms with E-state index in [1.165, 1.54) is 0 Å². The lowest BCUT2D eigenvalue weighted by molar-refractivity contribution is -0.127. The molecular formula is C10H17N3O. The molecule has 78 valence electrons. The Bertz CT molecular complexity index is 244. The summed E-state index contributed by atoms with van der Waals surface area (Å²) in [6, 6.07) is 2.49. The van der Waals surface area contributed by atoms with Crippen molar-refractivity contribution in [2.24, 2.45) is 5.92 Å². The van der Waals surface area contributed by atoms with Crippen molar-refractivity contribution < 1.29 is 4.79 Å². The Morgan fingerprint density at radius 1 is 1.57 bits per heavy atom. The molecule has 1 aliphatic carbocycles. The van der Waals surface area contributed by atoms with Gasteiger partial charge < -0.3 is 10.2 Å². The van der Waals surface area contributed by atoms with Crippen molar-refractivity contribution in [2.75, 3.05) is 20.6 Å². The molecule has 0 aliphatic heterocycles. The van der Waals surface area contributed by atoms with E-state index in [1.54, 1.807) is 19.0 Å². The third kappa shape index (κ3) is 2.71. The zero-order valence-electron chi connectivity index (χ0n) is 8.79. The highest BCUT2D eigenvalue weighted by Crippen LogP contribution is 2.24. The van der Waals surface area contributed by atoms with Gasteiger partial charge in [-0.25, -0.2) is 0 Å². The maximum absolute atomic E-state index is 11.3. The average Bonchev–Trinajstić information content (AvgIpc) is 2.60. The van der Waals surface area contributed by atoms with Crippen LogP contribution in [0.3, 0.4) is 0 Å². The summed E-state index contributed by atoms with van der Waals surface area (Å²) >= 11 is 0. The molecule has 0 aromatic heterocycles. The summed E-state index contributed by atoms with van der Waals surface area (Å²) in [6.07, 6.45) is 3.06. The molecule has 4 heteroatoms. The van der Waals surface area contributed by atoms with E-state index in [0.717, 1.165) is 19.3 Å². The second kappa shape index (κ2) is 4.97. The molecule has 0 aromatic carbocycles. The highest BCUT2D eigenvalue weighted by Gasteiger charge is 2.26. The molecule has 1 saturated carbocycles. The molecule has 1 fully saturated rings. The van der Waals surface area contributed by atoms with E-state index < -0.39 is 0 Å². The Morgan fingerprint density at radius 2 is 2.29 bits per heavy atom. The zero-order chi connectivity index (χ0) is 10.6. The number of rotatable bonds is 3. The fourth-order valence-corrected chi connectivity index (χ4v) is 1.74. The van der Waals surface area contributed by atoms with Crippen LogP contribution in [0.4, 0.5) is 0 Å². The summed E-state index contributed by atoms with van der Waals surface area (Å²) in [5.41, 5.74) is 0. The predicted molar refractivity (Wildman–Crippen MR) is 53.4 cm³/mol. The van der Waals surface area contributed by atoms with Crippen LogP contribution in [-0.4, -0.2) is 37.5 Å². The molecule has 0 aromatic rings. The lowest BCUT2D eigenvalue weighted by Crippen LogP contribution is -2.40. The number of hydrogen-bond donors (Lipinski definition) is 1. The van der Waals surface area contributed by atoms with Crippen molar-refractivity contribution >= 4 is 5.91 Å². The van der Waals surface area contributed by atoms with Crippen molar-refractivity contribution in [3.8, 4) is 6.07 Å². The van der Waals surface area contributed by atoms with Gasteiger partial charge in [-0.05, 0) is 12.8 Å². The summed E-state index contributed by atoms with van der Waals surface area (Å²) in [5.74, 6) is 0.151. The Hall–Kier alpha value is -1.08. The highest BCUT2D eigenvalue weighted by molar-refractivity contribution is 5.77. The zero-order valence-corrected chi connectivity index (χ0v) is 8.79. The lowest BCUT2D eigenvalue weighted by Gasteiger charge is -2.17. The lowest BCUT2D eigenvalue weighted by atomic mass is 10.1. The summed E-state index contributed by atoms with van der Waals surface area (Å²) < 4.78 is 0. The van der Waals surface area contributed by atoms with E-state index >= 15 is 0 Å². The molecular weight excluding hydrogens is 178 g/mol. The number of carbonyl (C=O) groups excluding carboxylic acids is 1. The maximum Gasteiger partial charge on any atom is 0.236 e. The van der Waals surface area contributed by atoms with Crippen LogP contribution < -0.4 is 5.32 Å². The minimum absolute atomic E-state index is 0.0635. The SMILES string of the molecule is CN(C)C(=O)CNC1CCCC1C#N. The first kappa shape index (κ1) is 11.0. The first-order valence-corrected chi connectivity index (χ1v) is 4.98. The summed E-state index contributed by atoms with van der Waals surface area (Å²) in [4.78, 5) is 12.8. The summed E-state index contributed by atoms with van der Waals surface area (Å²) in [7, 11) is 3.47. The minimum atomic E-state index is 0.0635. The number of nitriles is 1. The monoisotopic (exact) mass is 195 g/mol. The van der Waals surface area contributed by atoms with E-state index in [0.29, 0.717) is 6.54 Å². The molecule has 4 nitrogen and oxygen atoms in total. The molecule has 1 N–H and O–H groups in total. The fourth-order valence-electron chi connectivity index (χ4n) is 1.74. The number of nitrogens with zero attached hydrogens (tertiary/aromatic N) is 2. The van der Waals surface area contributed by atoms with E-state index in [4.69, 9.17) is 5.26 Å². The van der Waals surface area contributed by atoms with Gasteiger partial charge in [0, 0.05) is 20.1 Å². The maximum atomic E-state index is 11.3. The van der Waals surface area contributed by atoms with Crippen molar-refractivity contribution in [1.82, 2.24) is 10.2 Å². The van der Waals surface area contributed by atoms with Crippen LogP contribution in [0.5, 0.6) is 0 Å². The Labute approximate surface area is 84.9 Å². The molecule has 0 bridgehead atoms. The van der Waals surface area contributed by atoms with E-state index in [2.05, 4.69) is 11.4 Å². The van der Waals surface area contributed by atoms with Crippen LogP contribution in [0.2, 0.25) is 0 Å². The second-order valence-corrected chi connectivity index (χ2v) is 3.94. The van der Waals surface area contributed by atoms with Gasteiger partial charge in [-0.3, -0.25) is 4.79 Å². The van der Waals surface area contributed by atoms with E-state index in [1.807, 2.05) is 0 Å². The summed E-state index contributed by atoms with van der Waals surface area (Å²) in [5, 5.41) is 12.0. The molecule has 1 rings (SSSR count). The van der Waals surface area contributed by atoms with Gasteiger partial charge in [0.1, 0.15) is 0 Å². The van der Waals surface area contributed by atoms with Gasteiger partial charge in [0.25, 0.3) is 0 Å². The van der Waals surface area contributed by atoms with Gasteiger partial charge in [0.05, 0.1) is 18.5 Å². The summed E-state index contributed by atoms with van der Waals surface area (Å²) in [6.45, 7) is 0.343.